The van der Waals surface area contributed by atoms with Crippen LogP contribution in [0.1, 0.15) is 27.3 Å². The summed E-state index contributed by atoms with van der Waals surface area (Å²) in [6, 6.07) is 11.8. The fraction of sp³-hybridized carbons (Fsp3) is 0.267. The molecule has 0 bridgehead atoms. The number of aromatic amines is 1. The number of carboxylic acid groups (broad SMARTS) is 1. The highest BCUT2D eigenvalue weighted by atomic mass is 16.5. The Balaban J connectivity index is 1.59. The number of hydrogen-bond donors (Lipinski definition) is 2. The molecule has 0 saturated carbocycles. The zero-order valence-corrected chi connectivity index (χ0v) is 10.4. The first kappa shape index (κ1) is 12.0. The van der Waals surface area contributed by atoms with Crippen LogP contribution in [0.5, 0.6) is 0 Å². The first-order valence-electron chi connectivity index (χ1n) is 6.32. The first-order chi connectivity index (χ1) is 9.22. The Bertz CT molecular complexity index is 565. The predicted octanol–water partition coefficient (Wildman–Crippen LogP) is 2.40. The van der Waals surface area contributed by atoms with E-state index >= 15 is 0 Å². The number of carboxylic acids is 1. The Morgan fingerprint density at radius 3 is 2.79 bits per heavy atom. The molecule has 3 rings (SSSR count). The van der Waals surface area contributed by atoms with Crippen LogP contribution in [-0.2, 0) is 24.2 Å². The van der Waals surface area contributed by atoms with Gasteiger partial charge in [0.1, 0.15) is 5.69 Å². The van der Waals surface area contributed by atoms with E-state index in [9.17, 15) is 4.79 Å². The van der Waals surface area contributed by atoms with Gasteiger partial charge in [-0.1, -0.05) is 30.3 Å². The van der Waals surface area contributed by atoms with Crippen molar-refractivity contribution in [3.63, 3.8) is 0 Å². The molecule has 4 heteroatoms. The Labute approximate surface area is 111 Å². The van der Waals surface area contributed by atoms with Crippen LogP contribution in [0.3, 0.4) is 0 Å². The molecule has 2 N–H and O–H groups in total. The van der Waals surface area contributed by atoms with Gasteiger partial charge in [-0.2, -0.15) is 0 Å². The van der Waals surface area contributed by atoms with E-state index in [1.807, 2.05) is 30.3 Å². The van der Waals surface area contributed by atoms with Gasteiger partial charge >= 0.3 is 5.97 Å². The lowest BCUT2D eigenvalue weighted by atomic mass is 10.2. The monoisotopic (exact) mass is 257 g/mol. The van der Waals surface area contributed by atoms with Crippen molar-refractivity contribution in [1.82, 2.24) is 4.98 Å². The largest absolute Gasteiger partial charge is 0.477 e. The Kier molecular flexibility index (Phi) is 3.09. The average molecular weight is 257 g/mol. The van der Waals surface area contributed by atoms with E-state index < -0.39 is 5.97 Å². The number of carbonyl (C=O) groups is 1. The Morgan fingerprint density at radius 2 is 2.11 bits per heavy atom. The van der Waals surface area contributed by atoms with Crippen molar-refractivity contribution in [2.24, 2.45) is 0 Å². The molecule has 98 valence electrons. The normalized spacial score (nSPS) is 17.4. The molecule has 1 aromatic carbocycles. The van der Waals surface area contributed by atoms with Gasteiger partial charge in [0.15, 0.2) is 0 Å². The van der Waals surface area contributed by atoms with Crippen LogP contribution in [0.2, 0.25) is 0 Å². The lowest BCUT2D eigenvalue weighted by molar-refractivity contribution is 0.0473. The van der Waals surface area contributed by atoms with Crippen LogP contribution >= 0.6 is 0 Å². The smallest absolute Gasteiger partial charge is 0.352 e. The molecule has 0 aliphatic heterocycles. The molecular formula is C15H15NO3. The van der Waals surface area contributed by atoms with Gasteiger partial charge < -0.3 is 14.8 Å². The van der Waals surface area contributed by atoms with Crippen LogP contribution in [0.25, 0.3) is 0 Å². The average Bonchev–Trinajstić information content (AvgIpc) is 2.95. The van der Waals surface area contributed by atoms with Crippen molar-refractivity contribution in [1.29, 1.82) is 0 Å². The molecule has 4 nitrogen and oxygen atoms in total. The molecule has 1 atom stereocenters. The number of benzene rings is 1. The second-order valence-corrected chi connectivity index (χ2v) is 4.82. The van der Waals surface area contributed by atoms with Crippen LogP contribution in [-0.4, -0.2) is 22.2 Å². The molecule has 1 aromatic heterocycles. The molecule has 1 heterocycles. The summed E-state index contributed by atoms with van der Waals surface area (Å²) in [5.74, 6) is -0.906. The minimum Gasteiger partial charge on any atom is -0.477 e. The van der Waals surface area contributed by atoms with Crippen molar-refractivity contribution in [3.8, 4) is 0 Å². The molecule has 0 fully saturated rings. The van der Waals surface area contributed by atoms with Crippen LogP contribution in [0.15, 0.2) is 36.4 Å². The first-order valence-corrected chi connectivity index (χ1v) is 6.32. The molecule has 0 unspecified atom stereocenters. The molecule has 19 heavy (non-hydrogen) atoms. The standard InChI is InChI=1S/C15H15NO3/c17-15(18)14-7-11-6-12(8-13(11)16-14)19-9-10-4-2-1-3-5-10/h1-5,7,12,16H,6,8-9H2,(H,17,18)/t12-/m1/s1. The van der Waals surface area contributed by atoms with Gasteiger partial charge in [-0.05, 0) is 17.2 Å². The van der Waals surface area contributed by atoms with Gasteiger partial charge in [-0.3, -0.25) is 0 Å². The third-order valence-corrected chi connectivity index (χ3v) is 3.43. The van der Waals surface area contributed by atoms with Gasteiger partial charge in [0.05, 0.1) is 12.7 Å². The molecule has 1 aliphatic carbocycles. The van der Waals surface area contributed by atoms with Crippen molar-refractivity contribution in [3.05, 3.63) is 58.9 Å². The highest BCUT2D eigenvalue weighted by molar-refractivity contribution is 5.86. The van der Waals surface area contributed by atoms with Gasteiger partial charge in [0.2, 0.25) is 0 Å². The SMILES string of the molecule is O=C(O)c1cc2c([nH]1)C[C@H](OCc1ccccc1)C2. The summed E-state index contributed by atoms with van der Waals surface area (Å²) in [5, 5.41) is 8.90. The van der Waals surface area contributed by atoms with E-state index in [0.717, 1.165) is 29.7 Å². The second kappa shape index (κ2) is 4.90. The van der Waals surface area contributed by atoms with E-state index in [2.05, 4.69) is 4.98 Å². The molecule has 0 saturated heterocycles. The number of ether oxygens (including phenoxy) is 1. The van der Waals surface area contributed by atoms with Crippen LogP contribution in [0.4, 0.5) is 0 Å². The number of aromatic nitrogens is 1. The quantitative estimate of drug-likeness (QED) is 0.884. The number of hydrogen-bond acceptors (Lipinski definition) is 2. The van der Waals surface area contributed by atoms with Gasteiger partial charge in [-0.15, -0.1) is 0 Å². The summed E-state index contributed by atoms with van der Waals surface area (Å²) in [4.78, 5) is 13.8. The van der Waals surface area contributed by atoms with E-state index in [1.165, 1.54) is 0 Å². The minimum atomic E-state index is -0.906. The molecule has 0 radical (unpaired) electrons. The summed E-state index contributed by atoms with van der Waals surface area (Å²) in [5.41, 5.74) is 3.49. The molecule has 2 aromatic rings. The van der Waals surface area contributed by atoms with Gasteiger partial charge in [-0.25, -0.2) is 4.79 Å². The molecule has 0 spiro atoms. The highest BCUT2D eigenvalue weighted by Crippen LogP contribution is 2.25. The number of H-pyrrole nitrogens is 1. The van der Waals surface area contributed by atoms with Crippen molar-refractivity contribution >= 4 is 5.97 Å². The summed E-state index contributed by atoms with van der Waals surface area (Å²) in [6.07, 6.45) is 1.69. The van der Waals surface area contributed by atoms with E-state index in [-0.39, 0.29) is 11.8 Å². The third-order valence-electron chi connectivity index (χ3n) is 3.43. The van der Waals surface area contributed by atoms with E-state index in [1.54, 1.807) is 6.07 Å². The zero-order chi connectivity index (χ0) is 13.2. The maximum absolute atomic E-state index is 10.8. The number of rotatable bonds is 4. The Hall–Kier alpha value is -2.07. The summed E-state index contributed by atoms with van der Waals surface area (Å²) < 4.78 is 5.86. The van der Waals surface area contributed by atoms with Gasteiger partial charge in [0.25, 0.3) is 0 Å². The van der Waals surface area contributed by atoms with Crippen molar-refractivity contribution < 1.29 is 14.6 Å². The molecule has 0 amide bonds. The molecule has 1 aliphatic rings. The zero-order valence-electron chi connectivity index (χ0n) is 10.4. The van der Waals surface area contributed by atoms with Crippen molar-refractivity contribution in [2.45, 2.75) is 25.6 Å². The summed E-state index contributed by atoms with van der Waals surface area (Å²) >= 11 is 0. The molecular weight excluding hydrogens is 242 g/mol. The summed E-state index contributed by atoms with van der Waals surface area (Å²) in [7, 11) is 0. The van der Waals surface area contributed by atoms with E-state index in [0.29, 0.717) is 6.61 Å². The third kappa shape index (κ3) is 2.53. The van der Waals surface area contributed by atoms with Gasteiger partial charge in [0, 0.05) is 18.5 Å². The maximum Gasteiger partial charge on any atom is 0.352 e. The van der Waals surface area contributed by atoms with E-state index in [4.69, 9.17) is 9.84 Å². The lowest BCUT2D eigenvalue weighted by Gasteiger charge is -2.11. The topological polar surface area (TPSA) is 62.3 Å². The predicted molar refractivity (Wildman–Crippen MR) is 70.2 cm³/mol. The Morgan fingerprint density at radius 1 is 1.32 bits per heavy atom. The highest BCUT2D eigenvalue weighted by Gasteiger charge is 2.25. The fourth-order valence-corrected chi connectivity index (χ4v) is 2.47. The van der Waals surface area contributed by atoms with Crippen LogP contribution in [0, 0.1) is 0 Å². The number of aromatic carboxylic acids is 1. The number of fused-ring (bicyclic) bond motifs is 1. The number of nitrogens with one attached hydrogen (secondary N) is 1. The van der Waals surface area contributed by atoms with Crippen molar-refractivity contribution in [2.75, 3.05) is 0 Å². The van der Waals surface area contributed by atoms with Crippen LogP contribution < -0.4 is 0 Å². The summed E-state index contributed by atoms with van der Waals surface area (Å²) in [6.45, 7) is 0.599. The second-order valence-electron chi connectivity index (χ2n) is 4.82. The maximum atomic E-state index is 10.8. The minimum absolute atomic E-state index is 0.143. The fourth-order valence-electron chi connectivity index (χ4n) is 2.47. The lowest BCUT2D eigenvalue weighted by Crippen LogP contribution is -2.13.